The molecule has 0 atom stereocenters. The number of aromatic nitrogens is 2. The fraction of sp³-hybridized carbons (Fsp3) is 0.320. The molecular weight excluding hydrogens is 445 g/mol. The SMILES string of the molecule is O=C(Cc1ccc(F)cc1)N1CCc2nc(N3CCCC3)nc(Oc3ccc(F)c(F)c3)c2C1. The highest BCUT2D eigenvalue weighted by molar-refractivity contribution is 5.79. The van der Waals surface area contributed by atoms with Crippen molar-refractivity contribution >= 4 is 11.9 Å². The number of anilines is 1. The molecule has 3 heterocycles. The number of carbonyl (C=O) groups excluding carboxylic acids is 1. The minimum atomic E-state index is -1.02. The standard InChI is InChI=1S/C25H23F3N4O2/c26-17-5-3-16(4-6-17)13-23(33)32-12-9-22-19(15-32)24(30-25(29-22)31-10-1-2-11-31)34-18-7-8-20(27)21(28)14-18/h3-8,14H,1-2,9-13,15H2. The van der Waals surface area contributed by atoms with Gasteiger partial charge in [0.05, 0.1) is 24.2 Å². The van der Waals surface area contributed by atoms with Gasteiger partial charge in [0.15, 0.2) is 11.6 Å². The molecule has 3 aromatic rings. The first-order valence-corrected chi connectivity index (χ1v) is 11.3. The van der Waals surface area contributed by atoms with Crippen LogP contribution in [0.25, 0.3) is 0 Å². The van der Waals surface area contributed by atoms with E-state index in [1.807, 2.05) is 0 Å². The van der Waals surface area contributed by atoms with Crippen molar-refractivity contribution in [2.24, 2.45) is 0 Å². The quantitative estimate of drug-likeness (QED) is 0.555. The summed E-state index contributed by atoms with van der Waals surface area (Å²) in [6, 6.07) is 9.15. The second kappa shape index (κ2) is 9.32. The van der Waals surface area contributed by atoms with Gasteiger partial charge in [-0.15, -0.1) is 0 Å². The number of hydrogen-bond donors (Lipinski definition) is 0. The molecule has 0 N–H and O–H groups in total. The van der Waals surface area contributed by atoms with Gasteiger partial charge in [-0.2, -0.15) is 4.98 Å². The van der Waals surface area contributed by atoms with Gasteiger partial charge in [-0.25, -0.2) is 18.2 Å². The van der Waals surface area contributed by atoms with Crippen molar-refractivity contribution in [3.63, 3.8) is 0 Å². The Morgan fingerprint density at radius 1 is 0.941 bits per heavy atom. The van der Waals surface area contributed by atoms with Crippen LogP contribution in [0.1, 0.15) is 29.7 Å². The Morgan fingerprint density at radius 3 is 2.44 bits per heavy atom. The number of hydrogen-bond acceptors (Lipinski definition) is 5. The summed E-state index contributed by atoms with van der Waals surface area (Å²) in [5.74, 6) is -1.56. The molecule has 176 valence electrons. The predicted octanol–water partition coefficient (Wildman–Crippen LogP) is 4.41. The van der Waals surface area contributed by atoms with E-state index < -0.39 is 11.6 Å². The summed E-state index contributed by atoms with van der Waals surface area (Å²) < 4.78 is 46.3. The van der Waals surface area contributed by atoms with Crippen molar-refractivity contribution in [1.82, 2.24) is 14.9 Å². The van der Waals surface area contributed by atoms with Gasteiger partial charge < -0.3 is 14.5 Å². The molecule has 0 unspecified atom stereocenters. The van der Waals surface area contributed by atoms with Crippen LogP contribution >= 0.6 is 0 Å². The van der Waals surface area contributed by atoms with E-state index in [1.54, 1.807) is 17.0 Å². The molecule has 1 amide bonds. The van der Waals surface area contributed by atoms with Crippen molar-refractivity contribution in [2.45, 2.75) is 32.2 Å². The van der Waals surface area contributed by atoms with E-state index in [4.69, 9.17) is 9.72 Å². The van der Waals surface area contributed by atoms with Crippen LogP contribution in [0.4, 0.5) is 19.1 Å². The molecule has 0 spiro atoms. The molecule has 0 radical (unpaired) electrons. The molecule has 0 bridgehead atoms. The summed E-state index contributed by atoms with van der Waals surface area (Å²) in [5, 5.41) is 0. The van der Waals surface area contributed by atoms with Crippen LogP contribution in [-0.4, -0.2) is 40.4 Å². The van der Waals surface area contributed by atoms with E-state index in [1.165, 1.54) is 18.2 Å². The zero-order valence-corrected chi connectivity index (χ0v) is 18.4. The maximum atomic E-state index is 13.8. The fourth-order valence-corrected chi connectivity index (χ4v) is 4.27. The van der Waals surface area contributed by atoms with Crippen LogP contribution in [0, 0.1) is 17.5 Å². The molecule has 9 heteroatoms. The molecule has 1 aromatic heterocycles. The average Bonchev–Trinajstić information content (AvgIpc) is 3.38. The number of halogens is 3. The summed E-state index contributed by atoms with van der Waals surface area (Å²) in [6.07, 6.45) is 2.75. The number of amides is 1. The van der Waals surface area contributed by atoms with Crippen LogP contribution in [0.15, 0.2) is 42.5 Å². The number of carbonyl (C=O) groups is 1. The van der Waals surface area contributed by atoms with E-state index in [-0.39, 0.29) is 36.3 Å². The van der Waals surface area contributed by atoms with Crippen molar-refractivity contribution < 1.29 is 22.7 Å². The Labute approximate surface area is 195 Å². The first kappa shape index (κ1) is 22.2. The highest BCUT2D eigenvalue weighted by Crippen LogP contribution is 2.33. The number of rotatable bonds is 5. The van der Waals surface area contributed by atoms with Crippen LogP contribution in [0.3, 0.4) is 0 Å². The first-order valence-electron chi connectivity index (χ1n) is 11.3. The smallest absolute Gasteiger partial charge is 0.229 e. The van der Waals surface area contributed by atoms with Gasteiger partial charge in [-0.1, -0.05) is 12.1 Å². The molecule has 0 saturated carbocycles. The Balaban J connectivity index is 1.43. The predicted molar refractivity (Wildman–Crippen MR) is 119 cm³/mol. The largest absolute Gasteiger partial charge is 0.438 e. The third-order valence-electron chi connectivity index (χ3n) is 6.13. The van der Waals surface area contributed by atoms with Gasteiger partial charge in [-0.3, -0.25) is 4.79 Å². The Morgan fingerprint density at radius 2 is 1.71 bits per heavy atom. The summed E-state index contributed by atoms with van der Waals surface area (Å²) >= 11 is 0. The highest BCUT2D eigenvalue weighted by Gasteiger charge is 2.28. The summed E-state index contributed by atoms with van der Waals surface area (Å²) in [4.78, 5) is 26.0. The first-order chi connectivity index (χ1) is 16.5. The number of fused-ring (bicyclic) bond motifs is 1. The van der Waals surface area contributed by atoms with E-state index in [9.17, 15) is 18.0 Å². The lowest BCUT2D eigenvalue weighted by Crippen LogP contribution is -2.38. The normalized spacial score (nSPS) is 15.4. The average molecular weight is 468 g/mol. The van der Waals surface area contributed by atoms with Crippen LogP contribution in [0.2, 0.25) is 0 Å². The van der Waals surface area contributed by atoms with Crippen LogP contribution < -0.4 is 9.64 Å². The Bertz CT molecular complexity index is 1210. The van der Waals surface area contributed by atoms with Gasteiger partial charge in [0.1, 0.15) is 11.6 Å². The second-order valence-electron chi connectivity index (χ2n) is 8.49. The number of benzene rings is 2. The van der Waals surface area contributed by atoms with Crippen molar-refractivity contribution in [3.05, 3.63) is 76.7 Å². The van der Waals surface area contributed by atoms with Gasteiger partial charge in [0.2, 0.25) is 17.7 Å². The molecule has 0 aliphatic carbocycles. The third kappa shape index (κ3) is 4.69. The summed E-state index contributed by atoms with van der Waals surface area (Å²) in [5.41, 5.74) is 2.14. The molecule has 5 rings (SSSR count). The molecule has 2 aromatic carbocycles. The lowest BCUT2D eigenvalue weighted by molar-refractivity contribution is -0.131. The van der Waals surface area contributed by atoms with E-state index in [0.717, 1.165) is 49.3 Å². The Hall–Kier alpha value is -3.62. The molecule has 2 aliphatic rings. The van der Waals surface area contributed by atoms with Crippen LogP contribution in [-0.2, 0) is 24.2 Å². The van der Waals surface area contributed by atoms with Gasteiger partial charge >= 0.3 is 0 Å². The fourth-order valence-electron chi connectivity index (χ4n) is 4.27. The molecule has 2 aliphatic heterocycles. The molecule has 1 saturated heterocycles. The maximum Gasteiger partial charge on any atom is 0.229 e. The Kier molecular flexibility index (Phi) is 6.08. The lowest BCUT2D eigenvalue weighted by Gasteiger charge is -2.30. The zero-order chi connectivity index (χ0) is 23.7. The number of nitrogens with zero attached hydrogens (tertiary/aromatic N) is 4. The minimum absolute atomic E-state index is 0.111. The van der Waals surface area contributed by atoms with Crippen LogP contribution in [0.5, 0.6) is 11.6 Å². The maximum absolute atomic E-state index is 13.8. The van der Waals surface area contributed by atoms with E-state index >= 15 is 0 Å². The molecule has 6 nitrogen and oxygen atoms in total. The van der Waals surface area contributed by atoms with Gasteiger partial charge in [-0.05, 0) is 42.7 Å². The molecule has 1 fully saturated rings. The van der Waals surface area contributed by atoms with Crippen molar-refractivity contribution in [1.29, 1.82) is 0 Å². The monoisotopic (exact) mass is 468 g/mol. The van der Waals surface area contributed by atoms with E-state index in [0.29, 0.717) is 24.5 Å². The zero-order valence-electron chi connectivity index (χ0n) is 18.4. The number of ether oxygens (including phenoxy) is 1. The molecule has 34 heavy (non-hydrogen) atoms. The topological polar surface area (TPSA) is 58.6 Å². The minimum Gasteiger partial charge on any atom is -0.438 e. The summed E-state index contributed by atoms with van der Waals surface area (Å²) in [6.45, 7) is 2.39. The molecular formula is C25H23F3N4O2. The summed E-state index contributed by atoms with van der Waals surface area (Å²) in [7, 11) is 0. The van der Waals surface area contributed by atoms with Gasteiger partial charge in [0.25, 0.3) is 0 Å². The van der Waals surface area contributed by atoms with E-state index in [2.05, 4.69) is 9.88 Å². The third-order valence-corrected chi connectivity index (χ3v) is 6.13. The van der Waals surface area contributed by atoms with Gasteiger partial charge in [0, 0.05) is 32.1 Å². The van der Waals surface area contributed by atoms with Crippen molar-refractivity contribution in [2.75, 3.05) is 24.5 Å². The second-order valence-corrected chi connectivity index (χ2v) is 8.49. The van der Waals surface area contributed by atoms with Crippen molar-refractivity contribution in [3.8, 4) is 11.6 Å². The lowest BCUT2D eigenvalue weighted by atomic mass is 10.0. The highest BCUT2D eigenvalue weighted by atomic mass is 19.2.